The van der Waals surface area contributed by atoms with Gasteiger partial charge in [0, 0.05) is 13.5 Å². The van der Waals surface area contributed by atoms with Crippen LogP contribution in [0.15, 0.2) is 0 Å². The first-order valence-electron chi connectivity index (χ1n) is 4.74. The zero-order chi connectivity index (χ0) is 11.9. The molecule has 0 N–H and O–H groups in total. The van der Waals surface area contributed by atoms with Crippen LogP contribution >= 0.6 is 0 Å². The van der Waals surface area contributed by atoms with E-state index in [1.807, 2.05) is 13.8 Å². The molecule has 0 bridgehead atoms. The van der Waals surface area contributed by atoms with Gasteiger partial charge in [0.25, 0.3) is 10.1 Å². The van der Waals surface area contributed by atoms with E-state index >= 15 is 0 Å². The summed E-state index contributed by atoms with van der Waals surface area (Å²) < 4.78 is 36.3. The molecular formula is C9H20O5S. The second-order valence-corrected chi connectivity index (χ2v) is 5.52. The molecule has 0 unspecified atom stereocenters. The van der Waals surface area contributed by atoms with E-state index in [1.54, 1.807) is 7.11 Å². The molecule has 0 aliphatic heterocycles. The Bertz CT molecular complexity index is 258. The number of rotatable bonds is 8. The van der Waals surface area contributed by atoms with E-state index in [1.165, 1.54) is 0 Å². The molecule has 0 amide bonds. The summed E-state index contributed by atoms with van der Waals surface area (Å²) in [6.45, 7) is 4.92. The van der Waals surface area contributed by atoms with Gasteiger partial charge in [-0.3, -0.25) is 4.18 Å². The molecular weight excluding hydrogens is 220 g/mol. The van der Waals surface area contributed by atoms with Gasteiger partial charge in [0.15, 0.2) is 0 Å². The van der Waals surface area contributed by atoms with Crippen molar-refractivity contribution in [1.82, 2.24) is 0 Å². The topological polar surface area (TPSA) is 61.8 Å². The van der Waals surface area contributed by atoms with Gasteiger partial charge in [-0.05, 0) is 13.8 Å². The number of hydrogen-bond acceptors (Lipinski definition) is 5. The van der Waals surface area contributed by atoms with Crippen LogP contribution in [0.1, 0.15) is 20.3 Å². The molecule has 0 fully saturated rings. The molecule has 0 aromatic carbocycles. The summed E-state index contributed by atoms with van der Waals surface area (Å²) in [6, 6.07) is 0. The Morgan fingerprint density at radius 3 is 2.20 bits per heavy atom. The number of methoxy groups -OCH3 is 1. The molecule has 6 heteroatoms. The molecule has 0 aliphatic rings. The van der Waals surface area contributed by atoms with Crippen LogP contribution in [-0.4, -0.2) is 47.2 Å². The minimum absolute atomic E-state index is 0.138. The standard InChI is InChI=1S/C9H20O5S/c1-9(2,13-8-7-12-3)5-6-14-15(4,10)11/h5-8H2,1-4H3. The number of hydrogen-bond donors (Lipinski definition) is 0. The van der Waals surface area contributed by atoms with Crippen LogP contribution in [-0.2, 0) is 23.8 Å². The molecule has 0 spiro atoms. The van der Waals surface area contributed by atoms with Gasteiger partial charge in [-0.25, -0.2) is 0 Å². The molecule has 0 atom stereocenters. The summed E-state index contributed by atoms with van der Waals surface area (Å²) in [7, 11) is -1.75. The third-order valence-corrected chi connectivity index (χ3v) is 2.38. The van der Waals surface area contributed by atoms with Gasteiger partial charge in [0.05, 0.1) is 31.7 Å². The van der Waals surface area contributed by atoms with Crippen LogP contribution in [0.2, 0.25) is 0 Å². The first kappa shape index (κ1) is 14.8. The molecule has 0 radical (unpaired) electrons. The van der Waals surface area contributed by atoms with E-state index < -0.39 is 15.7 Å². The predicted octanol–water partition coefficient (Wildman–Crippen LogP) is 0.794. The first-order valence-corrected chi connectivity index (χ1v) is 6.56. The smallest absolute Gasteiger partial charge is 0.264 e. The fraction of sp³-hybridized carbons (Fsp3) is 1.00. The second-order valence-electron chi connectivity index (χ2n) is 3.88. The van der Waals surface area contributed by atoms with E-state index in [-0.39, 0.29) is 6.61 Å². The third kappa shape index (κ3) is 10.1. The fourth-order valence-corrected chi connectivity index (χ4v) is 1.30. The highest BCUT2D eigenvalue weighted by atomic mass is 32.2. The molecule has 0 aromatic heterocycles. The van der Waals surface area contributed by atoms with Gasteiger partial charge < -0.3 is 9.47 Å². The van der Waals surface area contributed by atoms with Crippen molar-refractivity contribution in [2.75, 3.05) is 33.2 Å². The molecule has 0 rings (SSSR count). The zero-order valence-corrected chi connectivity index (χ0v) is 10.6. The van der Waals surface area contributed by atoms with Crippen molar-refractivity contribution in [3.8, 4) is 0 Å². The van der Waals surface area contributed by atoms with E-state index in [9.17, 15) is 8.42 Å². The normalized spacial score (nSPS) is 13.1. The maximum absolute atomic E-state index is 10.7. The van der Waals surface area contributed by atoms with E-state index in [0.29, 0.717) is 19.6 Å². The summed E-state index contributed by atoms with van der Waals surface area (Å²) in [5.74, 6) is 0. The maximum Gasteiger partial charge on any atom is 0.264 e. The Morgan fingerprint density at radius 1 is 1.13 bits per heavy atom. The van der Waals surface area contributed by atoms with Crippen LogP contribution in [0, 0.1) is 0 Å². The largest absolute Gasteiger partial charge is 0.382 e. The lowest BCUT2D eigenvalue weighted by atomic mass is 10.1. The molecule has 0 saturated carbocycles. The molecule has 92 valence electrons. The lowest BCUT2D eigenvalue weighted by Crippen LogP contribution is -2.28. The molecule has 0 aromatic rings. The van der Waals surface area contributed by atoms with Crippen molar-refractivity contribution in [3.05, 3.63) is 0 Å². The van der Waals surface area contributed by atoms with Gasteiger partial charge in [-0.15, -0.1) is 0 Å². The predicted molar refractivity (Wildman–Crippen MR) is 57.3 cm³/mol. The Balaban J connectivity index is 3.73. The highest BCUT2D eigenvalue weighted by Crippen LogP contribution is 2.14. The van der Waals surface area contributed by atoms with E-state index in [0.717, 1.165) is 6.26 Å². The minimum atomic E-state index is -3.35. The van der Waals surface area contributed by atoms with Crippen LogP contribution in [0.5, 0.6) is 0 Å². The lowest BCUT2D eigenvalue weighted by Gasteiger charge is -2.24. The Morgan fingerprint density at radius 2 is 1.73 bits per heavy atom. The SMILES string of the molecule is COCCOC(C)(C)CCOS(C)(=O)=O. The quantitative estimate of drug-likeness (QED) is 0.464. The maximum atomic E-state index is 10.7. The van der Waals surface area contributed by atoms with Crippen molar-refractivity contribution in [3.63, 3.8) is 0 Å². The van der Waals surface area contributed by atoms with Gasteiger partial charge in [-0.2, -0.15) is 8.42 Å². The average molecular weight is 240 g/mol. The minimum Gasteiger partial charge on any atom is -0.382 e. The van der Waals surface area contributed by atoms with Crippen LogP contribution in [0.25, 0.3) is 0 Å². The monoisotopic (exact) mass is 240 g/mol. The summed E-state index contributed by atoms with van der Waals surface area (Å²) in [6.07, 6.45) is 1.55. The fourth-order valence-electron chi connectivity index (χ4n) is 0.912. The molecule has 0 heterocycles. The Kier molecular flexibility index (Phi) is 6.35. The third-order valence-electron chi connectivity index (χ3n) is 1.78. The first-order chi connectivity index (χ1) is 6.77. The van der Waals surface area contributed by atoms with Crippen molar-refractivity contribution >= 4 is 10.1 Å². The Labute approximate surface area is 91.8 Å². The van der Waals surface area contributed by atoms with Crippen molar-refractivity contribution < 1.29 is 22.1 Å². The highest BCUT2D eigenvalue weighted by Gasteiger charge is 2.18. The van der Waals surface area contributed by atoms with Gasteiger partial charge in [0.2, 0.25) is 0 Å². The number of ether oxygens (including phenoxy) is 2. The van der Waals surface area contributed by atoms with Gasteiger partial charge >= 0.3 is 0 Å². The van der Waals surface area contributed by atoms with Crippen LogP contribution in [0.4, 0.5) is 0 Å². The molecule has 0 saturated heterocycles. The van der Waals surface area contributed by atoms with E-state index in [4.69, 9.17) is 9.47 Å². The zero-order valence-electron chi connectivity index (χ0n) is 9.78. The second kappa shape index (κ2) is 6.42. The van der Waals surface area contributed by atoms with Gasteiger partial charge in [0.1, 0.15) is 0 Å². The van der Waals surface area contributed by atoms with E-state index in [2.05, 4.69) is 4.18 Å². The highest BCUT2D eigenvalue weighted by molar-refractivity contribution is 7.85. The van der Waals surface area contributed by atoms with Crippen molar-refractivity contribution in [2.24, 2.45) is 0 Å². The molecule has 5 nitrogen and oxygen atoms in total. The summed E-state index contributed by atoms with van der Waals surface area (Å²) >= 11 is 0. The summed E-state index contributed by atoms with van der Waals surface area (Å²) in [5, 5.41) is 0. The molecule has 0 aliphatic carbocycles. The Hall–Kier alpha value is -0.170. The van der Waals surface area contributed by atoms with Crippen molar-refractivity contribution in [2.45, 2.75) is 25.9 Å². The van der Waals surface area contributed by atoms with Crippen LogP contribution < -0.4 is 0 Å². The summed E-state index contributed by atoms with van der Waals surface area (Å²) in [4.78, 5) is 0. The van der Waals surface area contributed by atoms with Gasteiger partial charge in [-0.1, -0.05) is 0 Å². The van der Waals surface area contributed by atoms with Crippen molar-refractivity contribution in [1.29, 1.82) is 0 Å². The average Bonchev–Trinajstić information content (AvgIpc) is 2.01. The van der Waals surface area contributed by atoms with Crippen LogP contribution in [0.3, 0.4) is 0 Å². The summed E-state index contributed by atoms with van der Waals surface area (Å²) in [5.41, 5.74) is -0.400. The molecule has 15 heavy (non-hydrogen) atoms. The lowest BCUT2D eigenvalue weighted by molar-refractivity contribution is -0.0491.